The zero-order valence-corrected chi connectivity index (χ0v) is 58.3. The fourth-order valence-corrected chi connectivity index (χ4v) is 11.5. The first-order valence-corrected chi connectivity index (χ1v) is 37.6. The van der Waals surface area contributed by atoms with Crippen LogP contribution in [0.3, 0.4) is 0 Å². The number of hydrogen-bond donors (Lipinski definition) is 0. The Hall–Kier alpha value is -2.28. The van der Waals surface area contributed by atoms with Crippen molar-refractivity contribution in [2.24, 2.45) is 0 Å². The van der Waals surface area contributed by atoms with Crippen molar-refractivity contribution in [2.45, 2.75) is 349 Å². The molecule has 0 radical (unpaired) electrons. The molecule has 86 heavy (non-hydrogen) atoms. The molecule has 0 rings (SSSR count). The average Bonchev–Trinajstić information content (AvgIpc) is 3.53. The van der Waals surface area contributed by atoms with Gasteiger partial charge in [0.1, 0.15) is 0 Å². The van der Waals surface area contributed by atoms with E-state index in [2.05, 4.69) is 61.4 Å². The third kappa shape index (κ3) is 64.7. The molecule has 0 aliphatic heterocycles. The minimum atomic E-state index is -0.149. The lowest BCUT2D eigenvalue weighted by molar-refractivity contribution is -0.146. The van der Waals surface area contributed by atoms with Crippen molar-refractivity contribution < 1.29 is 38.1 Å². The van der Waals surface area contributed by atoms with Crippen molar-refractivity contribution in [3.63, 3.8) is 0 Å². The number of ether oxygens (including phenoxy) is 4. The van der Waals surface area contributed by atoms with Gasteiger partial charge in [0, 0.05) is 39.3 Å². The Balaban J connectivity index is 5.00. The minimum Gasteiger partial charge on any atom is -0.466 e. The van der Waals surface area contributed by atoms with E-state index in [0.29, 0.717) is 78.3 Å². The molecule has 0 unspecified atom stereocenters. The second kappa shape index (κ2) is 68.6. The highest BCUT2D eigenvalue weighted by Crippen LogP contribution is 2.16. The van der Waals surface area contributed by atoms with Gasteiger partial charge >= 0.3 is 23.9 Å². The van der Waals surface area contributed by atoms with Gasteiger partial charge in [-0.2, -0.15) is 0 Å². The van der Waals surface area contributed by atoms with Gasteiger partial charge in [-0.15, -0.1) is 0 Å². The van der Waals surface area contributed by atoms with E-state index in [-0.39, 0.29) is 23.9 Å². The van der Waals surface area contributed by atoms with Gasteiger partial charge in [0.25, 0.3) is 0 Å². The molecule has 510 valence electrons. The lowest BCUT2D eigenvalue weighted by Gasteiger charge is -2.26. The summed E-state index contributed by atoms with van der Waals surface area (Å²) in [5.41, 5.74) is 0. The van der Waals surface area contributed by atoms with Crippen molar-refractivity contribution in [1.29, 1.82) is 0 Å². The van der Waals surface area contributed by atoms with Gasteiger partial charge in [-0.25, -0.2) is 0 Å². The van der Waals surface area contributed by atoms with Crippen LogP contribution in [0.1, 0.15) is 349 Å². The van der Waals surface area contributed by atoms with Crippen LogP contribution in [0.5, 0.6) is 0 Å². The zero-order chi connectivity index (χ0) is 62.7. The van der Waals surface area contributed by atoms with Gasteiger partial charge in [-0.05, 0) is 78.8 Å². The number of esters is 4. The van der Waals surface area contributed by atoms with Gasteiger partial charge in [-0.1, -0.05) is 285 Å². The predicted molar refractivity (Wildman–Crippen MR) is 365 cm³/mol. The Morgan fingerprint density at radius 2 is 0.384 bits per heavy atom. The third-order valence-electron chi connectivity index (χ3n) is 17.5. The summed E-state index contributed by atoms with van der Waals surface area (Å²) in [6.45, 7) is 18.6. The van der Waals surface area contributed by atoms with Crippen molar-refractivity contribution in [3.8, 4) is 0 Å². The molecule has 0 aromatic carbocycles. The van der Waals surface area contributed by atoms with Crippen LogP contribution in [0.2, 0.25) is 0 Å². The molecule has 0 bridgehead atoms. The van der Waals surface area contributed by atoms with Crippen LogP contribution >= 0.6 is 0 Å². The highest BCUT2D eigenvalue weighted by atomic mass is 16.5. The summed E-state index contributed by atoms with van der Waals surface area (Å²) < 4.78 is 22.7. The molecular formula is C74H146N4O8. The Bertz CT molecular complexity index is 1250. The Labute approximate surface area is 534 Å². The van der Waals surface area contributed by atoms with Crippen molar-refractivity contribution in [1.82, 2.24) is 19.6 Å². The standard InChI is InChI=1S/C74H146N4O8/c1-7-11-15-19-23-27-31-35-39-43-47-67-83-71(79)53-61-77(62-54-72(80)84-68-48-44-40-36-32-28-24-20-16-12-8-2)59-51-57-75(5)65-66-76(6)58-52-60-78(63-55-73(81)85-69-49-45-41-37-33-29-25-21-17-13-9-3)64-56-74(82)86-70-50-46-42-38-34-30-26-22-18-14-10-4/h7-70H2,1-6H3. The molecule has 0 N–H and O–H groups in total. The molecule has 0 saturated carbocycles. The summed E-state index contributed by atoms with van der Waals surface area (Å²) in [6, 6.07) is 0. The van der Waals surface area contributed by atoms with E-state index < -0.39 is 0 Å². The summed E-state index contributed by atoms with van der Waals surface area (Å²) >= 11 is 0. The zero-order valence-electron chi connectivity index (χ0n) is 58.3. The van der Waals surface area contributed by atoms with E-state index in [1.807, 2.05) is 0 Å². The second-order valence-corrected chi connectivity index (χ2v) is 26.0. The van der Waals surface area contributed by atoms with Crippen LogP contribution in [0, 0.1) is 0 Å². The first kappa shape index (κ1) is 83.7. The lowest BCUT2D eigenvalue weighted by Crippen LogP contribution is -2.36. The van der Waals surface area contributed by atoms with E-state index >= 15 is 0 Å². The molecule has 12 heteroatoms. The molecule has 0 aromatic heterocycles. The van der Waals surface area contributed by atoms with Gasteiger partial charge in [0.05, 0.1) is 52.1 Å². The largest absolute Gasteiger partial charge is 0.466 e. The molecule has 0 amide bonds. The van der Waals surface area contributed by atoms with Crippen LogP contribution in [0.4, 0.5) is 0 Å². The number of likely N-dealkylation sites (N-methyl/N-ethyl adjacent to an activating group) is 2. The van der Waals surface area contributed by atoms with Crippen LogP contribution in [-0.2, 0) is 38.1 Å². The Kier molecular flexibility index (Phi) is 66.8. The fourth-order valence-electron chi connectivity index (χ4n) is 11.5. The van der Waals surface area contributed by atoms with E-state index in [1.54, 1.807) is 0 Å². The normalized spacial score (nSPS) is 11.7. The quantitative estimate of drug-likeness (QED) is 0.0328. The van der Waals surface area contributed by atoms with Gasteiger partial charge in [0.15, 0.2) is 0 Å². The Morgan fingerprint density at radius 1 is 0.209 bits per heavy atom. The summed E-state index contributed by atoms with van der Waals surface area (Å²) in [6.07, 6.45) is 58.8. The SMILES string of the molecule is CCCCCCCCCCCCCOC(=O)CCN(CCCN(C)CCN(C)CCCN(CCC(=O)OCCCCCCCCCCCCC)CCC(=O)OCCCCCCCCCCCCC)CCC(=O)OCCCCCCCCCCCCC. The molecule has 0 aliphatic rings. The summed E-state index contributed by atoms with van der Waals surface area (Å²) in [4.78, 5) is 60.8. The first-order chi connectivity index (χ1) is 42.1. The number of unbranched alkanes of at least 4 members (excludes halogenated alkanes) is 40. The average molecular weight is 1220 g/mol. The van der Waals surface area contributed by atoms with E-state index in [0.717, 1.165) is 103 Å². The molecular weight excluding hydrogens is 1070 g/mol. The van der Waals surface area contributed by atoms with E-state index in [1.165, 1.54) is 231 Å². The lowest BCUT2D eigenvalue weighted by atomic mass is 10.1. The third-order valence-corrected chi connectivity index (χ3v) is 17.5. The smallest absolute Gasteiger partial charge is 0.307 e. The van der Waals surface area contributed by atoms with Gasteiger partial charge in [-0.3, -0.25) is 19.2 Å². The molecule has 0 heterocycles. The maximum atomic E-state index is 12.9. The Morgan fingerprint density at radius 3 is 0.570 bits per heavy atom. The maximum absolute atomic E-state index is 12.9. The number of nitrogens with zero attached hydrogens (tertiary/aromatic N) is 4. The van der Waals surface area contributed by atoms with Crippen LogP contribution in [0.25, 0.3) is 0 Å². The molecule has 0 fully saturated rings. The summed E-state index contributed by atoms with van der Waals surface area (Å²) in [5.74, 6) is -0.595. The van der Waals surface area contributed by atoms with E-state index in [9.17, 15) is 19.2 Å². The molecule has 0 aliphatic carbocycles. The first-order valence-electron chi connectivity index (χ1n) is 37.6. The van der Waals surface area contributed by atoms with Crippen molar-refractivity contribution in [3.05, 3.63) is 0 Å². The van der Waals surface area contributed by atoms with Crippen molar-refractivity contribution >= 4 is 23.9 Å². The van der Waals surface area contributed by atoms with Crippen molar-refractivity contribution in [2.75, 3.05) is 106 Å². The highest BCUT2D eigenvalue weighted by Gasteiger charge is 2.16. The molecule has 0 spiro atoms. The maximum Gasteiger partial charge on any atom is 0.307 e. The summed E-state index contributed by atoms with van der Waals surface area (Å²) in [7, 11) is 4.34. The predicted octanol–water partition coefficient (Wildman–Crippen LogP) is 19.2. The number of hydrogen-bond acceptors (Lipinski definition) is 12. The molecule has 0 saturated heterocycles. The highest BCUT2D eigenvalue weighted by molar-refractivity contribution is 5.71. The molecule has 12 nitrogen and oxygen atoms in total. The van der Waals surface area contributed by atoms with Crippen LogP contribution < -0.4 is 0 Å². The summed E-state index contributed by atoms with van der Waals surface area (Å²) in [5, 5.41) is 0. The fraction of sp³-hybridized carbons (Fsp3) is 0.946. The number of carbonyl (C=O) groups excluding carboxylic acids is 4. The molecule has 0 atom stereocenters. The number of carbonyl (C=O) groups is 4. The molecule has 0 aromatic rings. The van der Waals surface area contributed by atoms with Crippen LogP contribution in [0.15, 0.2) is 0 Å². The monoisotopic (exact) mass is 1220 g/mol. The van der Waals surface area contributed by atoms with Gasteiger partial charge < -0.3 is 38.5 Å². The van der Waals surface area contributed by atoms with Gasteiger partial charge in [0.2, 0.25) is 0 Å². The topological polar surface area (TPSA) is 118 Å². The second-order valence-electron chi connectivity index (χ2n) is 26.0. The minimum absolute atomic E-state index is 0.149. The van der Waals surface area contributed by atoms with Crippen LogP contribution in [-0.4, -0.2) is 149 Å². The van der Waals surface area contributed by atoms with E-state index in [4.69, 9.17) is 18.9 Å². The number of rotatable bonds is 71.